The van der Waals surface area contributed by atoms with E-state index >= 15 is 0 Å². The van der Waals surface area contributed by atoms with E-state index < -0.39 is 18.0 Å². The number of carbonyl (C=O) groups is 1. The van der Waals surface area contributed by atoms with Gasteiger partial charge in [-0.05, 0) is 74.0 Å². The average molecular weight is 431 g/mol. The molecule has 2 aliphatic rings. The highest BCUT2D eigenvalue weighted by Crippen LogP contribution is 2.29. The highest BCUT2D eigenvalue weighted by atomic mass is 35.5. The van der Waals surface area contributed by atoms with Crippen LogP contribution in [0.2, 0.25) is 5.02 Å². The molecule has 2 N–H and O–H groups in total. The Hall–Kier alpha value is -1.95. The van der Waals surface area contributed by atoms with Gasteiger partial charge in [-0.2, -0.15) is 0 Å². The lowest BCUT2D eigenvalue weighted by Gasteiger charge is -2.29. The zero-order valence-corrected chi connectivity index (χ0v) is 17.7. The molecule has 30 heavy (non-hydrogen) atoms. The zero-order chi connectivity index (χ0) is 21.1. The van der Waals surface area contributed by atoms with E-state index in [9.17, 15) is 14.3 Å². The van der Waals surface area contributed by atoms with Crippen LogP contribution in [0.3, 0.4) is 0 Å². The number of hydrogen-bond acceptors (Lipinski definition) is 3. The van der Waals surface area contributed by atoms with E-state index in [0.717, 1.165) is 38.8 Å². The smallest absolute Gasteiger partial charge is 0.220 e. The summed E-state index contributed by atoms with van der Waals surface area (Å²) in [6, 6.07) is 11.9. The molecule has 2 aromatic rings. The lowest BCUT2D eigenvalue weighted by molar-refractivity contribution is -0.123. The Labute approximate surface area is 182 Å². The van der Waals surface area contributed by atoms with Gasteiger partial charge < -0.3 is 15.3 Å². The first kappa shape index (κ1) is 21.3. The number of aliphatic hydroxyl groups excluding tert-OH is 1. The van der Waals surface area contributed by atoms with E-state index in [1.807, 2.05) is 12.1 Å². The number of hydrogen-bond donors (Lipinski definition) is 2. The van der Waals surface area contributed by atoms with E-state index in [4.69, 9.17) is 11.6 Å². The number of fused-ring (bicyclic) bond motifs is 1. The minimum atomic E-state index is -1.16. The lowest BCUT2D eigenvalue weighted by atomic mass is 9.98. The number of nitrogens with zero attached hydrogens (tertiary/aromatic N) is 1. The van der Waals surface area contributed by atoms with Crippen LogP contribution in [0, 0.1) is 11.7 Å². The molecule has 1 saturated heterocycles. The van der Waals surface area contributed by atoms with Crippen LogP contribution >= 0.6 is 11.6 Å². The predicted molar refractivity (Wildman–Crippen MR) is 116 cm³/mol. The zero-order valence-electron chi connectivity index (χ0n) is 17.0. The van der Waals surface area contributed by atoms with Crippen molar-refractivity contribution in [2.75, 3.05) is 19.6 Å². The Bertz CT molecular complexity index is 876. The van der Waals surface area contributed by atoms with Crippen molar-refractivity contribution in [1.29, 1.82) is 0 Å². The lowest BCUT2D eigenvalue weighted by Crippen LogP contribution is -2.47. The van der Waals surface area contributed by atoms with Gasteiger partial charge in [-0.15, -0.1) is 0 Å². The van der Waals surface area contributed by atoms with Crippen LogP contribution in [-0.4, -0.2) is 41.6 Å². The topological polar surface area (TPSA) is 52.6 Å². The monoisotopic (exact) mass is 430 g/mol. The molecule has 2 aromatic carbocycles. The predicted octanol–water partition coefficient (Wildman–Crippen LogP) is 3.90. The van der Waals surface area contributed by atoms with Crippen LogP contribution in [0.1, 0.15) is 42.1 Å². The van der Waals surface area contributed by atoms with Crippen molar-refractivity contribution in [1.82, 2.24) is 10.2 Å². The maximum Gasteiger partial charge on any atom is 0.220 e. The van der Waals surface area contributed by atoms with Crippen molar-refractivity contribution in [3.63, 3.8) is 0 Å². The summed E-state index contributed by atoms with van der Waals surface area (Å²) >= 11 is 6.02. The summed E-state index contributed by atoms with van der Waals surface area (Å²) in [5.41, 5.74) is 2.75. The number of rotatable bonds is 7. The molecule has 6 heteroatoms. The molecule has 4 nitrogen and oxygen atoms in total. The van der Waals surface area contributed by atoms with Crippen molar-refractivity contribution in [3.05, 3.63) is 70.0 Å². The van der Waals surface area contributed by atoms with Crippen LogP contribution in [0.15, 0.2) is 42.5 Å². The normalized spacial score (nSPS) is 18.9. The summed E-state index contributed by atoms with van der Waals surface area (Å²) < 4.78 is 14.4. The van der Waals surface area contributed by atoms with Gasteiger partial charge in [-0.1, -0.05) is 35.9 Å². The molecule has 1 amide bonds. The number of amides is 1. The third-order valence-corrected chi connectivity index (χ3v) is 6.50. The third kappa shape index (κ3) is 5.02. The standard InChI is InChI=1S/C24H28ClFN2O2/c25-19-7-8-21(26)20(14-19)24(30)22(15-28-9-3-4-10-28)27-23(29)13-16-11-17-5-1-2-6-18(17)12-16/h1-2,5-8,14,16,22,24,30H,3-4,9-13,15H2,(H,27,29)/t22-,24-/m1/s1. The van der Waals surface area contributed by atoms with E-state index in [1.165, 1.54) is 29.3 Å². The minimum absolute atomic E-state index is 0.0986. The molecule has 1 heterocycles. The van der Waals surface area contributed by atoms with Gasteiger partial charge in [-0.25, -0.2) is 4.39 Å². The van der Waals surface area contributed by atoms with Gasteiger partial charge in [0, 0.05) is 23.6 Å². The number of halogens is 2. The van der Waals surface area contributed by atoms with Crippen molar-refractivity contribution in [3.8, 4) is 0 Å². The molecular weight excluding hydrogens is 403 g/mol. The summed E-state index contributed by atoms with van der Waals surface area (Å²) in [4.78, 5) is 15.1. The largest absolute Gasteiger partial charge is 0.386 e. The van der Waals surface area contributed by atoms with Gasteiger partial charge in [0.05, 0.1) is 6.04 Å². The molecule has 1 aliphatic carbocycles. The highest BCUT2D eigenvalue weighted by Gasteiger charge is 2.30. The molecule has 0 unspecified atom stereocenters. The van der Waals surface area contributed by atoms with Crippen LogP contribution < -0.4 is 5.32 Å². The average Bonchev–Trinajstić information content (AvgIpc) is 3.37. The molecular formula is C24H28ClFN2O2. The Morgan fingerprint density at radius 2 is 1.83 bits per heavy atom. The molecule has 1 aliphatic heterocycles. The third-order valence-electron chi connectivity index (χ3n) is 6.27. The summed E-state index contributed by atoms with van der Waals surface area (Å²) in [6.07, 6.45) is 3.23. The van der Waals surface area contributed by atoms with Crippen molar-refractivity contribution in [2.24, 2.45) is 5.92 Å². The van der Waals surface area contributed by atoms with Gasteiger partial charge in [0.1, 0.15) is 11.9 Å². The number of aliphatic hydroxyl groups is 1. The van der Waals surface area contributed by atoms with Gasteiger partial charge in [0.2, 0.25) is 5.91 Å². The van der Waals surface area contributed by atoms with E-state index in [0.29, 0.717) is 18.0 Å². The molecule has 0 aromatic heterocycles. The first-order valence-corrected chi connectivity index (χ1v) is 11.1. The Morgan fingerprint density at radius 3 is 2.50 bits per heavy atom. The quantitative estimate of drug-likeness (QED) is 0.700. The van der Waals surface area contributed by atoms with Crippen LogP contribution in [0.4, 0.5) is 4.39 Å². The fraction of sp³-hybridized carbons (Fsp3) is 0.458. The van der Waals surface area contributed by atoms with Gasteiger partial charge >= 0.3 is 0 Å². The summed E-state index contributed by atoms with van der Waals surface area (Å²) in [7, 11) is 0. The number of likely N-dealkylation sites (tertiary alicyclic amines) is 1. The molecule has 2 atom stereocenters. The van der Waals surface area contributed by atoms with E-state index in [2.05, 4.69) is 22.3 Å². The Morgan fingerprint density at radius 1 is 1.17 bits per heavy atom. The van der Waals surface area contributed by atoms with Crippen molar-refractivity contribution >= 4 is 17.5 Å². The van der Waals surface area contributed by atoms with Gasteiger partial charge in [-0.3, -0.25) is 4.79 Å². The van der Waals surface area contributed by atoms with E-state index in [-0.39, 0.29) is 17.4 Å². The first-order valence-electron chi connectivity index (χ1n) is 10.7. The highest BCUT2D eigenvalue weighted by molar-refractivity contribution is 6.30. The molecule has 0 radical (unpaired) electrons. The van der Waals surface area contributed by atoms with Gasteiger partial charge in [0.25, 0.3) is 0 Å². The van der Waals surface area contributed by atoms with Crippen molar-refractivity contribution < 1.29 is 14.3 Å². The van der Waals surface area contributed by atoms with Crippen LogP contribution in [0.5, 0.6) is 0 Å². The second-order valence-corrected chi connectivity index (χ2v) is 8.98. The molecule has 4 rings (SSSR count). The Kier molecular flexibility index (Phi) is 6.71. The Balaban J connectivity index is 1.44. The number of nitrogens with one attached hydrogen (secondary N) is 1. The van der Waals surface area contributed by atoms with Crippen molar-refractivity contribution in [2.45, 2.75) is 44.2 Å². The summed E-state index contributed by atoms with van der Waals surface area (Å²) in [5.74, 6) is -0.354. The molecule has 0 saturated carbocycles. The van der Waals surface area contributed by atoms with Gasteiger partial charge in [0.15, 0.2) is 0 Å². The molecule has 1 fully saturated rings. The maximum atomic E-state index is 14.4. The molecule has 160 valence electrons. The minimum Gasteiger partial charge on any atom is -0.386 e. The van der Waals surface area contributed by atoms with E-state index in [1.54, 1.807) is 0 Å². The second kappa shape index (κ2) is 9.46. The first-order chi connectivity index (χ1) is 14.5. The SMILES string of the molecule is O=C(CC1Cc2ccccc2C1)N[C@H](CN1CCCC1)[C@H](O)c1cc(Cl)ccc1F. The maximum absolute atomic E-state index is 14.4. The number of carbonyl (C=O) groups excluding carboxylic acids is 1. The fourth-order valence-corrected chi connectivity index (χ4v) is 4.93. The summed E-state index contributed by atoms with van der Waals surface area (Å²) in [6.45, 7) is 2.34. The molecule has 0 spiro atoms. The second-order valence-electron chi connectivity index (χ2n) is 8.54. The fourth-order valence-electron chi connectivity index (χ4n) is 4.75. The van der Waals surface area contributed by atoms with Crippen LogP contribution in [-0.2, 0) is 17.6 Å². The van der Waals surface area contributed by atoms with Crippen LogP contribution in [0.25, 0.3) is 0 Å². The number of benzene rings is 2. The molecule has 0 bridgehead atoms. The summed E-state index contributed by atoms with van der Waals surface area (Å²) in [5, 5.41) is 14.3.